The summed E-state index contributed by atoms with van der Waals surface area (Å²) in [6.07, 6.45) is -0.327. The minimum atomic E-state index is -0.327. The molecule has 0 radical (unpaired) electrons. The van der Waals surface area contributed by atoms with Crippen LogP contribution in [-0.2, 0) is 0 Å². The van der Waals surface area contributed by atoms with E-state index in [1.165, 1.54) is 33.0 Å². The van der Waals surface area contributed by atoms with Gasteiger partial charge in [-0.2, -0.15) is 0 Å². The highest BCUT2D eigenvalue weighted by Crippen LogP contribution is 2.41. The first kappa shape index (κ1) is 35.6. The van der Waals surface area contributed by atoms with Gasteiger partial charge in [-0.1, -0.05) is 188 Å². The van der Waals surface area contributed by atoms with Crippen molar-refractivity contribution in [2.24, 2.45) is 9.98 Å². The summed E-state index contributed by atoms with van der Waals surface area (Å²) in [7, 11) is 0. The number of benzene rings is 9. The van der Waals surface area contributed by atoms with Crippen molar-refractivity contribution in [3.05, 3.63) is 235 Å². The molecule has 5 heteroatoms. The van der Waals surface area contributed by atoms with Gasteiger partial charge in [0.1, 0.15) is 23.2 Å². The SMILES string of the molecule is c1ccc(-c2ccc(C3=NC(c4ccc(-c5cccc6c5oc5cc7c8ccccc8n(-c8ccccc8)c7cc56)cc4)=NC(c4ccc(-c5ccccc5)cc4)N3)cc2)cc1. The number of furan rings is 1. The number of nitrogens with zero attached hydrogens (tertiary/aromatic N) is 3. The molecule has 2 aromatic heterocycles. The number of nitrogens with one attached hydrogen (secondary N) is 1. The number of aromatic nitrogens is 1. The van der Waals surface area contributed by atoms with Crippen molar-refractivity contribution >= 4 is 55.4 Å². The molecule has 9 aromatic carbocycles. The molecule has 1 aliphatic rings. The van der Waals surface area contributed by atoms with Gasteiger partial charge in [-0.25, -0.2) is 9.98 Å². The Morgan fingerprint density at radius 3 is 1.69 bits per heavy atom. The van der Waals surface area contributed by atoms with Crippen LogP contribution in [-0.4, -0.2) is 16.2 Å². The number of hydrogen-bond donors (Lipinski definition) is 1. The van der Waals surface area contributed by atoms with E-state index in [-0.39, 0.29) is 6.17 Å². The molecule has 0 aliphatic carbocycles. The van der Waals surface area contributed by atoms with Gasteiger partial charge in [0.15, 0.2) is 5.84 Å². The molecule has 1 atom stereocenters. The van der Waals surface area contributed by atoms with Crippen LogP contribution < -0.4 is 5.32 Å². The Hall–Kier alpha value is -8.28. The second-order valence-electron chi connectivity index (χ2n) is 15.8. The van der Waals surface area contributed by atoms with Crippen molar-refractivity contribution in [2.45, 2.75) is 6.17 Å². The number of para-hydroxylation sites is 3. The average molecular weight is 795 g/mol. The Labute approximate surface area is 358 Å². The first-order chi connectivity index (χ1) is 30.7. The van der Waals surface area contributed by atoms with Crippen molar-refractivity contribution < 1.29 is 4.42 Å². The van der Waals surface area contributed by atoms with Crippen LogP contribution in [0, 0.1) is 0 Å². The first-order valence-electron chi connectivity index (χ1n) is 21.0. The van der Waals surface area contributed by atoms with Gasteiger partial charge >= 0.3 is 0 Å². The van der Waals surface area contributed by atoms with Crippen molar-refractivity contribution in [3.8, 4) is 39.1 Å². The molecule has 1 unspecified atom stereocenters. The second-order valence-corrected chi connectivity index (χ2v) is 15.8. The van der Waals surface area contributed by atoms with Crippen LogP contribution in [0.25, 0.3) is 82.8 Å². The summed E-state index contributed by atoms with van der Waals surface area (Å²) in [4.78, 5) is 10.4. The molecule has 5 nitrogen and oxygen atoms in total. The summed E-state index contributed by atoms with van der Waals surface area (Å²) >= 11 is 0. The van der Waals surface area contributed by atoms with E-state index in [4.69, 9.17) is 14.4 Å². The van der Waals surface area contributed by atoms with Crippen molar-refractivity contribution in [1.29, 1.82) is 0 Å². The van der Waals surface area contributed by atoms with Gasteiger partial charge in [0.05, 0.1) is 11.0 Å². The molecule has 292 valence electrons. The molecule has 0 fully saturated rings. The number of fused-ring (bicyclic) bond motifs is 6. The van der Waals surface area contributed by atoms with Crippen LogP contribution in [0.4, 0.5) is 0 Å². The van der Waals surface area contributed by atoms with Crippen LogP contribution in [0.3, 0.4) is 0 Å². The highest BCUT2D eigenvalue weighted by Gasteiger charge is 2.22. The average Bonchev–Trinajstić information content (AvgIpc) is 3.89. The molecule has 12 rings (SSSR count). The lowest BCUT2D eigenvalue weighted by Crippen LogP contribution is -2.33. The zero-order chi connectivity index (χ0) is 41.0. The van der Waals surface area contributed by atoms with E-state index in [0.717, 1.165) is 72.4 Å². The van der Waals surface area contributed by atoms with Gasteiger partial charge in [-0.05, 0) is 63.7 Å². The van der Waals surface area contributed by atoms with Crippen LogP contribution in [0.1, 0.15) is 22.9 Å². The second kappa shape index (κ2) is 14.8. The maximum Gasteiger partial charge on any atom is 0.159 e. The standard InChI is InChI=1S/C57H38N4O/c1-4-13-37(14-5-1)39-23-29-42(30-24-39)55-58-56(43-31-25-40(26-32-43)38-15-6-2-7-16-38)60-57(59-55)44-33-27-41(28-34-44)46-20-12-21-48-50-35-52-49(36-53(50)62-54(46)48)47-19-10-11-22-51(47)61(52)45-17-8-3-9-18-45/h1-36,55H,(H,58,59,60). The molecule has 0 amide bonds. The van der Waals surface area contributed by atoms with E-state index in [0.29, 0.717) is 5.84 Å². The Morgan fingerprint density at radius 2 is 0.984 bits per heavy atom. The maximum absolute atomic E-state index is 6.79. The van der Waals surface area contributed by atoms with E-state index in [9.17, 15) is 0 Å². The van der Waals surface area contributed by atoms with Gasteiger partial charge < -0.3 is 14.3 Å². The fourth-order valence-corrected chi connectivity index (χ4v) is 8.98. The summed E-state index contributed by atoms with van der Waals surface area (Å²) in [5, 5.41) is 8.21. The molecule has 0 bridgehead atoms. The predicted octanol–water partition coefficient (Wildman–Crippen LogP) is 14.2. The molecular formula is C57H38N4O. The van der Waals surface area contributed by atoms with Gasteiger partial charge in [-0.3, -0.25) is 0 Å². The predicted molar refractivity (Wildman–Crippen MR) is 256 cm³/mol. The fourth-order valence-electron chi connectivity index (χ4n) is 8.98. The quantitative estimate of drug-likeness (QED) is 0.175. The largest absolute Gasteiger partial charge is 0.455 e. The van der Waals surface area contributed by atoms with Gasteiger partial charge in [-0.15, -0.1) is 0 Å². The van der Waals surface area contributed by atoms with E-state index in [1.54, 1.807) is 0 Å². The lowest BCUT2D eigenvalue weighted by molar-refractivity contribution is 0.670. The monoisotopic (exact) mass is 794 g/mol. The molecular weight excluding hydrogens is 757 g/mol. The maximum atomic E-state index is 6.79. The molecule has 3 heterocycles. The lowest BCUT2D eigenvalue weighted by atomic mass is 10.00. The number of aliphatic imine (C=N–C) groups is 2. The van der Waals surface area contributed by atoms with Gasteiger partial charge in [0, 0.05) is 43.9 Å². The molecule has 0 saturated heterocycles. The van der Waals surface area contributed by atoms with Gasteiger partial charge in [0.2, 0.25) is 0 Å². The van der Waals surface area contributed by atoms with Crippen LogP contribution in [0.15, 0.2) is 233 Å². The van der Waals surface area contributed by atoms with E-state index in [1.807, 2.05) is 12.1 Å². The zero-order valence-electron chi connectivity index (χ0n) is 33.6. The fraction of sp³-hybridized carbons (Fsp3) is 0.0175. The van der Waals surface area contributed by atoms with Crippen LogP contribution in [0.5, 0.6) is 0 Å². The number of amidine groups is 2. The minimum absolute atomic E-state index is 0.327. The van der Waals surface area contributed by atoms with Crippen molar-refractivity contribution in [2.75, 3.05) is 0 Å². The molecule has 62 heavy (non-hydrogen) atoms. The number of hydrogen-bond acceptors (Lipinski definition) is 4. The van der Waals surface area contributed by atoms with Crippen LogP contribution >= 0.6 is 0 Å². The third-order valence-electron chi connectivity index (χ3n) is 12.1. The zero-order valence-corrected chi connectivity index (χ0v) is 33.6. The van der Waals surface area contributed by atoms with E-state index in [2.05, 4.69) is 216 Å². The Balaban J connectivity index is 0.921. The topological polar surface area (TPSA) is 54.8 Å². The Morgan fingerprint density at radius 1 is 0.419 bits per heavy atom. The third-order valence-corrected chi connectivity index (χ3v) is 12.1. The normalized spacial score (nSPS) is 14.0. The summed E-state index contributed by atoms with van der Waals surface area (Å²) in [5.74, 6) is 1.46. The van der Waals surface area contributed by atoms with Crippen molar-refractivity contribution in [3.63, 3.8) is 0 Å². The van der Waals surface area contributed by atoms with E-state index >= 15 is 0 Å². The molecule has 11 aromatic rings. The highest BCUT2D eigenvalue weighted by molar-refractivity contribution is 6.18. The number of rotatable bonds is 7. The third kappa shape index (κ3) is 6.18. The van der Waals surface area contributed by atoms with Crippen LogP contribution in [0.2, 0.25) is 0 Å². The van der Waals surface area contributed by atoms with Gasteiger partial charge in [0.25, 0.3) is 0 Å². The lowest BCUT2D eigenvalue weighted by Gasteiger charge is -2.24. The highest BCUT2D eigenvalue weighted by atomic mass is 16.3. The molecule has 1 aliphatic heterocycles. The molecule has 0 spiro atoms. The first-order valence-corrected chi connectivity index (χ1v) is 21.0. The van der Waals surface area contributed by atoms with Crippen molar-refractivity contribution in [1.82, 2.24) is 9.88 Å². The Kier molecular flexibility index (Phi) is 8.49. The summed E-state index contributed by atoms with van der Waals surface area (Å²) < 4.78 is 9.15. The Bertz CT molecular complexity index is 3490. The minimum Gasteiger partial charge on any atom is -0.455 e. The summed E-state index contributed by atoms with van der Waals surface area (Å²) in [6, 6.07) is 76.8. The molecule has 1 N–H and O–H groups in total. The van der Waals surface area contributed by atoms with E-state index < -0.39 is 0 Å². The summed E-state index contributed by atoms with van der Waals surface area (Å²) in [5.41, 5.74) is 15.0. The summed E-state index contributed by atoms with van der Waals surface area (Å²) in [6.45, 7) is 0. The smallest absolute Gasteiger partial charge is 0.159 e. The molecule has 0 saturated carbocycles.